The van der Waals surface area contributed by atoms with E-state index in [1.807, 2.05) is 0 Å². The van der Waals surface area contributed by atoms with Crippen LogP contribution in [0.2, 0.25) is 0 Å². The van der Waals surface area contributed by atoms with Gasteiger partial charge in [0.15, 0.2) is 0 Å². The molecule has 0 radical (unpaired) electrons. The van der Waals surface area contributed by atoms with Crippen molar-refractivity contribution in [3.63, 3.8) is 0 Å². The molecule has 0 spiro atoms. The van der Waals surface area contributed by atoms with Crippen LogP contribution in [0, 0.1) is 11.8 Å². The van der Waals surface area contributed by atoms with Gasteiger partial charge < -0.3 is 9.32 Å². The molecular weight excluding hydrogens is 250 g/mol. The summed E-state index contributed by atoms with van der Waals surface area (Å²) >= 11 is 5.69. The van der Waals surface area contributed by atoms with Crippen molar-refractivity contribution in [1.82, 2.24) is 10.2 Å². The van der Waals surface area contributed by atoms with E-state index in [1.54, 1.807) is 0 Å². The van der Waals surface area contributed by atoms with Gasteiger partial charge in [-0.05, 0) is 24.7 Å². The first-order chi connectivity index (χ1) is 8.52. The summed E-state index contributed by atoms with van der Waals surface area (Å²) in [6.07, 6.45) is 2.24. The largest absolute Gasteiger partial charge is 0.407 e. The number of hydrogen-bond donors (Lipinski definition) is 0. The molecule has 0 aliphatic heterocycles. The second-order valence-corrected chi connectivity index (χ2v) is 5.73. The van der Waals surface area contributed by atoms with Crippen molar-refractivity contribution < 1.29 is 4.42 Å². The van der Waals surface area contributed by atoms with Gasteiger partial charge in [-0.2, -0.15) is 0 Å². The van der Waals surface area contributed by atoms with E-state index in [0.29, 0.717) is 23.7 Å². The normalized spacial score (nSPS) is 11.5. The molecule has 1 heterocycles. The lowest BCUT2D eigenvalue weighted by atomic mass is 10.1. The van der Waals surface area contributed by atoms with E-state index in [-0.39, 0.29) is 5.88 Å². The average Bonchev–Trinajstić information content (AvgIpc) is 2.77. The van der Waals surface area contributed by atoms with Gasteiger partial charge in [-0.25, -0.2) is 0 Å². The Kier molecular flexibility index (Phi) is 6.47. The smallest absolute Gasteiger partial charge is 0.318 e. The van der Waals surface area contributed by atoms with Crippen LogP contribution in [-0.2, 0) is 5.88 Å². The molecule has 5 heteroatoms. The first-order valence-electron chi connectivity index (χ1n) is 6.66. The van der Waals surface area contributed by atoms with E-state index < -0.39 is 0 Å². The van der Waals surface area contributed by atoms with Crippen molar-refractivity contribution in [3.8, 4) is 0 Å². The standard InChI is InChI=1S/C13H24ClN3O/c1-10(2)5-7-17(8-6-11(3)4)13-16-15-12(9-14)18-13/h10-11H,5-9H2,1-4H3. The number of anilines is 1. The van der Waals surface area contributed by atoms with Crippen LogP contribution in [0.4, 0.5) is 6.01 Å². The van der Waals surface area contributed by atoms with Crippen LogP contribution >= 0.6 is 11.6 Å². The van der Waals surface area contributed by atoms with Gasteiger partial charge in [0.05, 0.1) is 0 Å². The molecule has 0 saturated heterocycles. The van der Waals surface area contributed by atoms with Crippen LogP contribution in [0.3, 0.4) is 0 Å². The van der Waals surface area contributed by atoms with Crippen molar-refractivity contribution in [2.24, 2.45) is 11.8 Å². The van der Waals surface area contributed by atoms with Gasteiger partial charge in [0.25, 0.3) is 0 Å². The number of nitrogens with zero attached hydrogens (tertiary/aromatic N) is 3. The molecule has 0 aliphatic rings. The van der Waals surface area contributed by atoms with E-state index in [1.165, 1.54) is 0 Å². The van der Waals surface area contributed by atoms with Crippen LogP contribution in [0.1, 0.15) is 46.4 Å². The van der Waals surface area contributed by atoms with E-state index in [0.717, 1.165) is 25.9 Å². The summed E-state index contributed by atoms with van der Waals surface area (Å²) < 4.78 is 5.53. The predicted octanol–water partition coefficient (Wildman–Crippen LogP) is 3.71. The number of aromatic nitrogens is 2. The molecule has 0 aromatic carbocycles. The highest BCUT2D eigenvalue weighted by Gasteiger charge is 2.15. The van der Waals surface area contributed by atoms with E-state index in [4.69, 9.17) is 16.0 Å². The summed E-state index contributed by atoms with van der Waals surface area (Å²) in [5.74, 6) is 2.10. The Labute approximate surface area is 115 Å². The van der Waals surface area contributed by atoms with Crippen LogP contribution in [0.5, 0.6) is 0 Å². The lowest BCUT2D eigenvalue weighted by molar-refractivity contribution is 0.468. The van der Waals surface area contributed by atoms with Crippen LogP contribution < -0.4 is 4.90 Å². The van der Waals surface area contributed by atoms with Gasteiger partial charge in [0.2, 0.25) is 5.89 Å². The molecule has 1 aromatic rings. The number of rotatable bonds is 8. The Morgan fingerprint density at radius 3 is 2.00 bits per heavy atom. The summed E-state index contributed by atoms with van der Waals surface area (Å²) in [4.78, 5) is 2.17. The monoisotopic (exact) mass is 273 g/mol. The third kappa shape index (κ3) is 5.25. The molecule has 1 rings (SSSR count). The minimum Gasteiger partial charge on any atom is -0.407 e. The Bertz CT molecular complexity index is 327. The summed E-state index contributed by atoms with van der Waals surface area (Å²) in [5, 5.41) is 7.99. The van der Waals surface area contributed by atoms with Gasteiger partial charge >= 0.3 is 6.01 Å². The molecule has 4 nitrogen and oxygen atoms in total. The first kappa shape index (κ1) is 15.3. The van der Waals surface area contributed by atoms with Crippen molar-refractivity contribution in [3.05, 3.63) is 5.89 Å². The summed E-state index contributed by atoms with van der Waals surface area (Å²) in [6.45, 7) is 10.8. The lowest BCUT2D eigenvalue weighted by Crippen LogP contribution is -2.27. The Morgan fingerprint density at radius 1 is 1.06 bits per heavy atom. The average molecular weight is 274 g/mol. The zero-order valence-electron chi connectivity index (χ0n) is 11.8. The molecular formula is C13H24ClN3O. The third-order valence-electron chi connectivity index (χ3n) is 2.79. The van der Waals surface area contributed by atoms with Gasteiger partial charge in [0.1, 0.15) is 5.88 Å². The Morgan fingerprint density at radius 2 is 1.61 bits per heavy atom. The Balaban J connectivity index is 2.62. The Hall–Kier alpha value is -0.770. The minimum absolute atomic E-state index is 0.273. The predicted molar refractivity (Wildman–Crippen MR) is 75.0 cm³/mol. The summed E-state index contributed by atoms with van der Waals surface area (Å²) in [6, 6.07) is 0.604. The maximum atomic E-state index is 5.69. The fourth-order valence-electron chi connectivity index (χ4n) is 1.56. The molecule has 0 fully saturated rings. The van der Waals surface area contributed by atoms with Crippen molar-refractivity contribution in [2.75, 3.05) is 18.0 Å². The summed E-state index contributed by atoms with van der Waals surface area (Å²) in [5.41, 5.74) is 0. The van der Waals surface area contributed by atoms with Crippen molar-refractivity contribution in [1.29, 1.82) is 0 Å². The molecule has 0 amide bonds. The molecule has 104 valence electrons. The SMILES string of the molecule is CC(C)CCN(CCC(C)C)c1nnc(CCl)o1. The molecule has 0 aliphatic carbocycles. The molecule has 0 saturated carbocycles. The fraction of sp³-hybridized carbons (Fsp3) is 0.846. The number of hydrogen-bond acceptors (Lipinski definition) is 4. The van der Waals surface area contributed by atoms with Gasteiger partial charge in [-0.1, -0.05) is 32.8 Å². The molecule has 0 bridgehead atoms. The first-order valence-corrected chi connectivity index (χ1v) is 7.19. The number of alkyl halides is 1. The minimum atomic E-state index is 0.273. The van der Waals surface area contributed by atoms with Crippen LogP contribution in [-0.4, -0.2) is 23.3 Å². The second-order valence-electron chi connectivity index (χ2n) is 5.46. The van der Waals surface area contributed by atoms with Gasteiger partial charge in [-0.15, -0.1) is 16.7 Å². The highest BCUT2D eigenvalue weighted by Crippen LogP contribution is 2.17. The fourth-order valence-corrected chi connectivity index (χ4v) is 1.67. The van der Waals surface area contributed by atoms with Crippen molar-refractivity contribution in [2.45, 2.75) is 46.4 Å². The van der Waals surface area contributed by atoms with E-state index in [9.17, 15) is 0 Å². The molecule has 1 aromatic heterocycles. The zero-order chi connectivity index (χ0) is 13.5. The maximum Gasteiger partial charge on any atom is 0.318 e. The van der Waals surface area contributed by atoms with E-state index >= 15 is 0 Å². The van der Waals surface area contributed by atoms with Crippen molar-refractivity contribution >= 4 is 17.6 Å². The zero-order valence-corrected chi connectivity index (χ0v) is 12.6. The van der Waals surface area contributed by atoms with Gasteiger partial charge in [-0.3, -0.25) is 0 Å². The third-order valence-corrected chi connectivity index (χ3v) is 3.02. The number of halogens is 1. The maximum absolute atomic E-state index is 5.69. The van der Waals surface area contributed by atoms with E-state index in [2.05, 4.69) is 42.8 Å². The highest BCUT2D eigenvalue weighted by atomic mass is 35.5. The highest BCUT2D eigenvalue weighted by molar-refractivity contribution is 6.16. The second kappa shape index (κ2) is 7.62. The van der Waals surface area contributed by atoms with Crippen LogP contribution in [0.15, 0.2) is 4.42 Å². The molecule has 18 heavy (non-hydrogen) atoms. The topological polar surface area (TPSA) is 42.2 Å². The quantitative estimate of drug-likeness (QED) is 0.677. The lowest BCUT2D eigenvalue weighted by Gasteiger charge is -2.22. The van der Waals surface area contributed by atoms with Crippen LogP contribution in [0.25, 0.3) is 0 Å². The molecule has 0 atom stereocenters. The summed E-state index contributed by atoms with van der Waals surface area (Å²) in [7, 11) is 0. The van der Waals surface area contributed by atoms with Gasteiger partial charge in [0, 0.05) is 13.1 Å². The molecule has 0 N–H and O–H groups in total. The molecule has 0 unspecified atom stereocenters.